The van der Waals surface area contributed by atoms with Crippen LogP contribution in [0.25, 0.3) is 0 Å². The molecule has 0 aromatic carbocycles. The number of hydrogen-bond acceptors (Lipinski definition) is 3. The van der Waals surface area contributed by atoms with Gasteiger partial charge in [-0.05, 0) is 47.2 Å². The minimum absolute atomic E-state index is 0.173. The van der Waals surface area contributed by atoms with Crippen molar-refractivity contribution in [2.75, 3.05) is 20.1 Å². The summed E-state index contributed by atoms with van der Waals surface area (Å²) in [7, 11) is 2.02. The van der Waals surface area contributed by atoms with E-state index < -0.39 is 0 Å². The molecule has 0 bridgehead atoms. The lowest BCUT2D eigenvalue weighted by molar-refractivity contribution is -0.122. The zero-order valence-electron chi connectivity index (χ0n) is 12.3. The third kappa shape index (κ3) is 4.94. The van der Waals surface area contributed by atoms with E-state index in [4.69, 9.17) is 0 Å². The molecule has 0 saturated carbocycles. The van der Waals surface area contributed by atoms with E-state index >= 15 is 0 Å². The molecule has 18 heavy (non-hydrogen) atoms. The number of carbonyl (C=O) groups excluding carboxylic acids is 1. The third-order valence-electron chi connectivity index (χ3n) is 3.77. The van der Waals surface area contributed by atoms with Crippen molar-refractivity contribution in [1.29, 1.82) is 0 Å². The van der Waals surface area contributed by atoms with Crippen LogP contribution >= 0.6 is 0 Å². The molecule has 0 aliphatic carbocycles. The molecular weight excluding hydrogens is 226 g/mol. The van der Waals surface area contributed by atoms with Crippen molar-refractivity contribution >= 4 is 5.91 Å². The normalized spacial score (nSPS) is 23.1. The van der Waals surface area contributed by atoms with Gasteiger partial charge in [0.2, 0.25) is 5.91 Å². The SMILES string of the molecule is CNC(C)C1CCCCN1CCC(=O)NC(C)C. The molecule has 0 aromatic heterocycles. The Labute approximate surface area is 111 Å². The Morgan fingerprint density at radius 3 is 2.67 bits per heavy atom. The highest BCUT2D eigenvalue weighted by Crippen LogP contribution is 2.19. The number of nitrogens with one attached hydrogen (secondary N) is 2. The van der Waals surface area contributed by atoms with Crippen LogP contribution in [0.5, 0.6) is 0 Å². The fourth-order valence-corrected chi connectivity index (χ4v) is 2.69. The maximum Gasteiger partial charge on any atom is 0.221 e. The summed E-state index contributed by atoms with van der Waals surface area (Å²) in [6, 6.07) is 1.32. The molecule has 1 aliphatic heterocycles. The Bertz CT molecular complexity index is 255. The van der Waals surface area contributed by atoms with E-state index in [1.165, 1.54) is 19.3 Å². The standard InChI is InChI=1S/C14H29N3O/c1-11(2)16-14(18)8-10-17-9-6-5-7-13(17)12(3)15-4/h11-13,15H,5-10H2,1-4H3,(H,16,18). The Balaban J connectivity index is 2.40. The Hall–Kier alpha value is -0.610. The summed E-state index contributed by atoms with van der Waals surface area (Å²) in [5.74, 6) is 0.173. The highest BCUT2D eigenvalue weighted by molar-refractivity contribution is 5.76. The highest BCUT2D eigenvalue weighted by atomic mass is 16.1. The van der Waals surface area contributed by atoms with Crippen LogP contribution in [0.4, 0.5) is 0 Å². The molecule has 0 radical (unpaired) electrons. The van der Waals surface area contributed by atoms with E-state index in [2.05, 4.69) is 22.5 Å². The lowest BCUT2D eigenvalue weighted by Crippen LogP contribution is -2.51. The van der Waals surface area contributed by atoms with E-state index in [-0.39, 0.29) is 11.9 Å². The van der Waals surface area contributed by atoms with Crippen molar-refractivity contribution in [3.05, 3.63) is 0 Å². The summed E-state index contributed by atoms with van der Waals surface area (Å²) in [5.41, 5.74) is 0. The average molecular weight is 255 g/mol. The minimum Gasteiger partial charge on any atom is -0.354 e. The van der Waals surface area contributed by atoms with E-state index in [9.17, 15) is 4.79 Å². The van der Waals surface area contributed by atoms with E-state index in [1.54, 1.807) is 0 Å². The molecule has 106 valence electrons. The van der Waals surface area contributed by atoms with Crippen LogP contribution in [0, 0.1) is 0 Å². The van der Waals surface area contributed by atoms with Crippen LogP contribution in [0.3, 0.4) is 0 Å². The molecular formula is C14H29N3O. The van der Waals surface area contributed by atoms with Crippen molar-refractivity contribution < 1.29 is 4.79 Å². The van der Waals surface area contributed by atoms with Crippen molar-refractivity contribution in [3.63, 3.8) is 0 Å². The largest absolute Gasteiger partial charge is 0.354 e. The fraction of sp³-hybridized carbons (Fsp3) is 0.929. The minimum atomic E-state index is 0.173. The molecule has 1 rings (SSSR count). The molecule has 2 N–H and O–H groups in total. The second-order valence-electron chi connectivity index (χ2n) is 5.65. The molecule has 2 unspecified atom stereocenters. The zero-order chi connectivity index (χ0) is 13.5. The maximum atomic E-state index is 11.7. The quantitative estimate of drug-likeness (QED) is 0.753. The van der Waals surface area contributed by atoms with Crippen molar-refractivity contribution in [2.24, 2.45) is 0 Å². The fourth-order valence-electron chi connectivity index (χ4n) is 2.69. The van der Waals surface area contributed by atoms with Crippen LogP contribution in [-0.2, 0) is 4.79 Å². The number of nitrogens with zero attached hydrogens (tertiary/aromatic N) is 1. The van der Waals surface area contributed by atoms with Crippen LogP contribution in [0.15, 0.2) is 0 Å². The summed E-state index contributed by atoms with van der Waals surface area (Å²) in [4.78, 5) is 14.2. The number of rotatable bonds is 6. The smallest absolute Gasteiger partial charge is 0.221 e. The van der Waals surface area contributed by atoms with Crippen molar-refractivity contribution in [3.8, 4) is 0 Å². The van der Waals surface area contributed by atoms with Crippen molar-refractivity contribution in [2.45, 2.75) is 64.6 Å². The van der Waals surface area contributed by atoms with Gasteiger partial charge in [-0.2, -0.15) is 0 Å². The van der Waals surface area contributed by atoms with Gasteiger partial charge in [0.15, 0.2) is 0 Å². The highest BCUT2D eigenvalue weighted by Gasteiger charge is 2.26. The summed E-state index contributed by atoms with van der Waals surface area (Å²) >= 11 is 0. The third-order valence-corrected chi connectivity index (χ3v) is 3.77. The van der Waals surface area contributed by atoms with Crippen LogP contribution in [-0.4, -0.2) is 49.1 Å². The lowest BCUT2D eigenvalue weighted by atomic mass is 9.96. The van der Waals surface area contributed by atoms with Crippen LogP contribution in [0.1, 0.15) is 46.5 Å². The topological polar surface area (TPSA) is 44.4 Å². The number of hydrogen-bond donors (Lipinski definition) is 2. The van der Waals surface area contributed by atoms with Gasteiger partial charge in [-0.25, -0.2) is 0 Å². The summed E-state index contributed by atoms with van der Waals surface area (Å²) in [6.45, 7) is 8.26. The first-order valence-electron chi connectivity index (χ1n) is 7.25. The summed E-state index contributed by atoms with van der Waals surface area (Å²) in [6.07, 6.45) is 4.43. The summed E-state index contributed by atoms with van der Waals surface area (Å²) < 4.78 is 0. The molecule has 1 heterocycles. The Kier molecular flexibility index (Phi) is 6.65. The first-order chi connectivity index (χ1) is 8.54. The predicted molar refractivity (Wildman–Crippen MR) is 75.6 cm³/mol. The maximum absolute atomic E-state index is 11.7. The van der Waals surface area contributed by atoms with Gasteiger partial charge >= 0.3 is 0 Å². The van der Waals surface area contributed by atoms with Gasteiger partial charge in [-0.1, -0.05) is 6.42 Å². The first kappa shape index (κ1) is 15.4. The van der Waals surface area contributed by atoms with E-state index in [0.29, 0.717) is 18.5 Å². The number of likely N-dealkylation sites (N-methyl/N-ethyl adjacent to an activating group) is 1. The summed E-state index contributed by atoms with van der Waals surface area (Å²) in [5, 5.41) is 6.30. The average Bonchev–Trinajstić information content (AvgIpc) is 2.35. The van der Waals surface area contributed by atoms with Crippen LogP contribution < -0.4 is 10.6 Å². The molecule has 1 aliphatic rings. The molecule has 0 aromatic rings. The zero-order valence-corrected chi connectivity index (χ0v) is 12.3. The van der Waals surface area contributed by atoms with Gasteiger partial charge in [-0.15, -0.1) is 0 Å². The molecule has 4 heteroatoms. The molecule has 1 fully saturated rings. The monoisotopic (exact) mass is 255 g/mol. The number of piperidine rings is 1. The van der Waals surface area contributed by atoms with E-state index in [1.807, 2.05) is 20.9 Å². The van der Waals surface area contributed by atoms with E-state index in [0.717, 1.165) is 13.1 Å². The van der Waals surface area contributed by atoms with Gasteiger partial charge in [0.25, 0.3) is 0 Å². The van der Waals surface area contributed by atoms with Gasteiger partial charge in [0, 0.05) is 31.1 Å². The van der Waals surface area contributed by atoms with Gasteiger partial charge in [-0.3, -0.25) is 9.69 Å². The van der Waals surface area contributed by atoms with Gasteiger partial charge < -0.3 is 10.6 Å². The second kappa shape index (κ2) is 7.74. The lowest BCUT2D eigenvalue weighted by Gasteiger charge is -2.39. The number of amides is 1. The first-order valence-corrected chi connectivity index (χ1v) is 7.25. The Morgan fingerprint density at radius 1 is 1.33 bits per heavy atom. The molecule has 4 nitrogen and oxygen atoms in total. The van der Waals surface area contributed by atoms with Gasteiger partial charge in [0.1, 0.15) is 0 Å². The molecule has 0 spiro atoms. The molecule has 1 amide bonds. The van der Waals surface area contributed by atoms with Crippen molar-refractivity contribution in [1.82, 2.24) is 15.5 Å². The number of likely N-dealkylation sites (tertiary alicyclic amines) is 1. The van der Waals surface area contributed by atoms with Gasteiger partial charge in [0.05, 0.1) is 0 Å². The molecule has 1 saturated heterocycles. The molecule has 2 atom stereocenters. The van der Waals surface area contributed by atoms with Crippen LogP contribution in [0.2, 0.25) is 0 Å². The second-order valence-corrected chi connectivity index (χ2v) is 5.65. The Morgan fingerprint density at radius 2 is 2.06 bits per heavy atom. The number of carbonyl (C=O) groups is 1. The predicted octanol–water partition coefficient (Wildman–Crippen LogP) is 1.36.